The molecule has 17 heavy (non-hydrogen) atoms. The molecule has 2 rings (SSSR count). The number of aryl methyl sites for hydroxylation is 2. The van der Waals surface area contributed by atoms with E-state index in [2.05, 4.69) is 73.1 Å². The number of rotatable bonds is 2. The van der Waals surface area contributed by atoms with Gasteiger partial charge in [0, 0.05) is 4.47 Å². The van der Waals surface area contributed by atoms with Gasteiger partial charge >= 0.3 is 0 Å². The van der Waals surface area contributed by atoms with Gasteiger partial charge in [-0.25, -0.2) is 0 Å². The Bertz CT molecular complexity index is 541. The van der Waals surface area contributed by atoms with E-state index in [1.165, 1.54) is 32.3 Å². The lowest BCUT2D eigenvalue weighted by Gasteiger charge is -2.11. The Morgan fingerprint density at radius 3 is 2.41 bits per heavy atom. The van der Waals surface area contributed by atoms with Crippen LogP contribution in [0.3, 0.4) is 0 Å². The largest absolute Gasteiger partial charge is 0.0614 e. The first-order valence-electron chi connectivity index (χ1n) is 5.98. The summed E-state index contributed by atoms with van der Waals surface area (Å²) in [6, 6.07) is 13.1. The molecule has 0 bridgehead atoms. The van der Waals surface area contributed by atoms with E-state index < -0.39 is 0 Å². The van der Waals surface area contributed by atoms with Gasteiger partial charge in [-0.1, -0.05) is 53.2 Å². The van der Waals surface area contributed by atoms with E-state index in [-0.39, 0.29) is 0 Å². The summed E-state index contributed by atoms with van der Waals surface area (Å²) in [6.45, 7) is 6.53. The first-order valence-corrected chi connectivity index (χ1v) is 6.77. The lowest BCUT2D eigenvalue weighted by molar-refractivity contribution is 1.14. The zero-order valence-corrected chi connectivity index (χ0v) is 12.1. The van der Waals surface area contributed by atoms with E-state index in [0.29, 0.717) is 0 Å². The van der Waals surface area contributed by atoms with Crippen LogP contribution in [0.15, 0.2) is 40.9 Å². The Labute approximate surface area is 112 Å². The van der Waals surface area contributed by atoms with Gasteiger partial charge in [-0.05, 0) is 54.2 Å². The molecule has 2 aromatic rings. The SMILES string of the molecule is CCc1ccc(-c2cccc(C)c2C)c(Br)c1. The molecule has 0 heterocycles. The summed E-state index contributed by atoms with van der Waals surface area (Å²) in [4.78, 5) is 0. The third-order valence-electron chi connectivity index (χ3n) is 3.34. The topological polar surface area (TPSA) is 0 Å². The zero-order valence-electron chi connectivity index (χ0n) is 10.5. The molecular formula is C16H17Br. The average Bonchev–Trinajstić information content (AvgIpc) is 2.33. The van der Waals surface area contributed by atoms with Gasteiger partial charge in [0.2, 0.25) is 0 Å². The zero-order chi connectivity index (χ0) is 12.4. The fourth-order valence-electron chi connectivity index (χ4n) is 2.04. The highest BCUT2D eigenvalue weighted by molar-refractivity contribution is 9.10. The monoisotopic (exact) mass is 288 g/mol. The van der Waals surface area contributed by atoms with Crippen LogP contribution in [-0.4, -0.2) is 0 Å². The molecule has 0 saturated heterocycles. The van der Waals surface area contributed by atoms with Crippen molar-refractivity contribution in [1.29, 1.82) is 0 Å². The Balaban J connectivity index is 2.57. The molecule has 0 aliphatic carbocycles. The fourth-order valence-corrected chi connectivity index (χ4v) is 2.68. The molecule has 2 aromatic carbocycles. The maximum atomic E-state index is 3.68. The molecular weight excluding hydrogens is 272 g/mol. The van der Waals surface area contributed by atoms with Gasteiger partial charge in [-0.3, -0.25) is 0 Å². The Hall–Kier alpha value is -1.08. The van der Waals surface area contributed by atoms with Crippen molar-refractivity contribution in [3.05, 3.63) is 57.6 Å². The normalized spacial score (nSPS) is 10.6. The molecule has 0 N–H and O–H groups in total. The van der Waals surface area contributed by atoms with Gasteiger partial charge in [-0.2, -0.15) is 0 Å². The van der Waals surface area contributed by atoms with E-state index in [4.69, 9.17) is 0 Å². The van der Waals surface area contributed by atoms with Crippen molar-refractivity contribution in [2.75, 3.05) is 0 Å². The van der Waals surface area contributed by atoms with Gasteiger partial charge in [0.1, 0.15) is 0 Å². The predicted molar refractivity (Wildman–Crippen MR) is 78.4 cm³/mol. The Morgan fingerprint density at radius 1 is 1.00 bits per heavy atom. The van der Waals surface area contributed by atoms with E-state index in [9.17, 15) is 0 Å². The molecule has 0 nitrogen and oxygen atoms in total. The van der Waals surface area contributed by atoms with Gasteiger partial charge in [0.05, 0.1) is 0 Å². The molecule has 0 fully saturated rings. The van der Waals surface area contributed by atoms with E-state index >= 15 is 0 Å². The molecule has 0 aromatic heterocycles. The summed E-state index contributed by atoms with van der Waals surface area (Å²) >= 11 is 3.68. The number of hydrogen-bond donors (Lipinski definition) is 0. The minimum absolute atomic E-state index is 1.08. The van der Waals surface area contributed by atoms with Crippen LogP contribution in [0.1, 0.15) is 23.6 Å². The van der Waals surface area contributed by atoms with Crippen LogP contribution >= 0.6 is 15.9 Å². The summed E-state index contributed by atoms with van der Waals surface area (Å²) in [5.41, 5.74) is 6.67. The minimum atomic E-state index is 1.08. The van der Waals surface area contributed by atoms with Crippen LogP contribution < -0.4 is 0 Å². The summed E-state index contributed by atoms with van der Waals surface area (Å²) in [5, 5.41) is 0. The van der Waals surface area contributed by atoms with Crippen molar-refractivity contribution in [2.45, 2.75) is 27.2 Å². The lowest BCUT2D eigenvalue weighted by Crippen LogP contribution is -1.89. The van der Waals surface area contributed by atoms with Crippen molar-refractivity contribution < 1.29 is 0 Å². The summed E-state index contributed by atoms with van der Waals surface area (Å²) in [6.07, 6.45) is 1.08. The molecule has 0 radical (unpaired) electrons. The smallest absolute Gasteiger partial charge is 0.0256 e. The third kappa shape index (κ3) is 2.44. The first-order chi connectivity index (χ1) is 8.13. The van der Waals surface area contributed by atoms with E-state index in [0.717, 1.165) is 6.42 Å². The Kier molecular flexibility index (Phi) is 3.68. The van der Waals surface area contributed by atoms with Crippen molar-refractivity contribution in [3.8, 4) is 11.1 Å². The fraction of sp³-hybridized carbons (Fsp3) is 0.250. The molecule has 0 aliphatic heterocycles. The second kappa shape index (κ2) is 5.05. The van der Waals surface area contributed by atoms with Crippen molar-refractivity contribution in [2.24, 2.45) is 0 Å². The van der Waals surface area contributed by atoms with Gasteiger partial charge in [0.25, 0.3) is 0 Å². The van der Waals surface area contributed by atoms with E-state index in [1.54, 1.807) is 0 Å². The molecule has 0 amide bonds. The summed E-state index contributed by atoms with van der Waals surface area (Å²) < 4.78 is 1.19. The van der Waals surface area contributed by atoms with Crippen LogP contribution in [0.2, 0.25) is 0 Å². The van der Waals surface area contributed by atoms with Gasteiger partial charge in [0.15, 0.2) is 0 Å². The highest BCUT2D eigenvalue weighted by Gasteiger charge is 2.07. The highest BCUT2D eigenvalue weighted by atomic mass is 79.9. The molecule has 0 spiro atoms. The molecule has 88 valence electrons. The Morgan fingerprint density at radius 2 is 1.76 bits per heavy atom. The number of halogens is 1. The van der Waals surface area contributed by atoms with Gasteiger partial charge < -0.3 is 0 Å². The van der Waals surface area contributed by atoms with Crippen LogP contribution in [0.5, 0.6) is 0 Å². The van der Waals surface area contributed by atoms with E-state index in [1.807, 2.05) is 0 Å². The molecule has 0 unspecified atom stereocenters. The van der Waals surface area contributed by atoms with Crippen LogP contribution in [0.25, 0.3) is 11.1 Å². The lowest BCUT2D eigenvalue weighted by atomic mass is 9.96. The van der Waals surface area contributed by atoms with Gasteiger partial charge in [-0.15, -0.1) is 0 Å². The minimum Gasteiger partial charge on any atom is -0.0614 e. The maximum absolute atomic E-state index is 3.68. The van der Waals surface area contributed by atoms with Crippen LogP contribution in [0, 0.1) is 13.8 Å². The second-order valence-corrected chi connectivity index (χ2v) is 5.27. The molecule has 1 heteroatoms. The van der Waals surface area contributed by atoms with Crippen molar-refractivity contribution >= 4 is 15.9 Å². The highest BCUT2D eigenvalue weighted by Crippen LogP contribution is 2.32. The third-order valence-corrected chi connectivity index (χ3v) is 3.99. The number of benzene rings is 2. The quantitative estimate of drug-likeness (QED) is 0.704. The standard InChI is InChI=1S/C16H17Br/c1-4-13-8-9-15(16(17)10-13)14-7-5-6-11(2)12(14)3/h5-10H,4H2,1-3H3. The van der Waals surface area contributed by atoms with Crippen molar-refractivity contribution in [1.82, 2.24) is 0 Å². The van der Waals surface area contributed by atoms with Crippen LogP contribution in [-0.2, 0) is 6.42 Å². The molecule has 0 atom stereocenters. The number of hydrogen-bond acceptors (Lipinski definition) is 0. The predicted octanol–water partition coefficient (Wildman–Crippen LogP) is 5.30. The van der Waals surface area contributed by atoms with Crippen LogP contribution in [0.4, 0.5) is 0 Å². The first kappa shape index (κ1) is 12.4. The summed E-state index contributed by atoms with van der Waals surface area (Å²) in [7, 11) is 0. The molecule has 0 aliphatic rings. The summed E-state index contributed by atoms with van der Waals surface area (Å²) in [5.74, 6) is 0. The molecule has 0 saturated carbocycles. The second-order valence-electron chi connectivity index (χ2n) is 4.42. The maximum Gasteiger partial charge on any atom is 0.0256 e. The average molecular weight is 289 g/mol. The van der Waals surface area contributed by atoms with Crippen molar-refractivity contribution in [3.63, 3.8) is 0 Å².